The number of fused-ring (bicyclic) bond motifs is 1. The summed E-state index contributed by atoms with van der Waals surface area (Å²) in [4.78, 5) is 29.6. The maximum Gasteiger partial charge on any atom is 0.262 e. The molecule has 0 saturated heterocycles. The average Bonchev–Trinajstić information content (AvgIpc) is 3.16. The molecule has 0 fully saturated rings. The highest BCUT2D eigenvalue weighted by molar-refractivity contribution is 8.00. The van der Waals surface area contributed by atoms with Crippen LogP contribution in [0.15, 0.2) is 57.0 Å². The summed E-state index contributed by atoms with van der Waals surface area (Å²) in [6.07, 6.45) is 6.72. The summed E-state index contributed by atoms with van der Waals surface area (Å²) in [6, 6.07) is 10.7. The Morgan fingerprint density at radius 2 is 2.19 bits per heavy atom. The Balaban J connectivity index is 2.00. The third-order valence-electron chi connectivity index (χ3n) is 3.74. The number of benzene rings is 1. The molecule has 1 unspecified atom stereocenters. The van der Waals surface area contributed by atoms with E-state index in [1.165, 1.54) is 16.3 Å². The van der Waals surface area contributed by atoms with E-state index in [1.807, 2.05) is 6.07 Å². The number of thioether (sulfide) groups is 1. The minimum Gasteiger partial charge on any atom is -0.467 e. The molecule has 7 heteroatoms. The Hall–Kier alpha value is -2.98. The summed E-state index contributed by atoms with van der Waals surface area (Å²) in [5.74, 6) is 2.79. The summed E-state index contributed by atoms with van der Waals surface area (Å²) in [5, 5.41) is 3.15. The van der Waals surface area contributed by atoms with Crippen LogP contribution in [-0.4, -0.2) is 27.3 Å². The van der Waals surface area contributed by atoms with Gasteiger partial charge in [-0.1, -0.05) is 29.8 Å². The molecule has 3 rings (SSSR count). The Kier molecular flexibility index (Phi) is 5.44. The molecule has 2 heterocycles. The molecule has 0 aliphatic carbocycles. The zero-order valence-corrected chi connectivity index (χ0v) is 15.0. The van der Waals surface area contributed by atoms with Gasteiger partial charge < -0.3 is 9.73 Å². The quantitative estimate of drug-likeness (QED) is 0.411. The number of furan rings is 1. The van der Waals surface area contributed by atoms with E-state index < -0.39 is 5.25 Å². The van der Waals surface area contributed by atoms with Crippen LogP contribution in [0, 0.1) is 12.3 Å². The normalized spacial score (nSPS) is 11.8. The van der Waals surface area contributed by atoms with Crippen molar-refractivity contribution < 1.29 is 9.21 Å². The van der Waals surface area contributed by atoms with Crippen molar-refractivity contribution in [3.8, 4) is 12.3 Å². The largest absolute Gasteiger partial charge is 0.467 e. The van der Waals surface area contributed by atoms with Gasteiger partial charge in [0.25, 0.3) is 5.56 Å². The molecule has 0 radical (unpaired) electrons. The molecule has 6 nitrogen and oxygen atoms in total. The predicted molar refractivity (Wildman–Crippen MR) is 101 cm³/mol. The first-order valence-corrected chi connectivity index (χ1v) is 8.88. The van der Waals surface area contributed by atoms with E-state index in [9.17, 15) is 9.59 Å². The molecular formula is C19H17N3O3S. The van der Waals surface area contributed by atoms with Gasteiger partial charge in [0.05, 0.1) is 35.5 Å². The van der Waals surface area contributed by atoms with Crippen LogP contribution in [0.1, 0.15) is 12.7 Å². The summed E-state index contributed by atoms with van der Waals surface area (Å²) in [5.41, 5.74) is 0.415. The number of hydrogen-bond donors (Lipinski definition) is 1. The number of nitrogens with one attached hydrogen (secondary N) is 1. The molecule has 0 saturated carbocycles. The number of terminal acetylenes is 1. The van der Waals surface area contributed by atoms with Crippen LogP contribution in [0.25, 0.3) is 10.9 Å². The van der Waals surface area contributed by atoms with Crippen molar-refractivity contribution in [1.29, 1.82) is 0 Å². The molecule has 3 aromatic rings. The van der Waals surface area contributed by atoms with Crippen LogP contribution in [0.3, 0.4) is 0 Å². The summed E-state index contributed by atoms with van der Waals surface area (Å²) < 4.78 is 6.89. The zero-order valence-electron chi connectivity index (χ0n) is 14.1. The van der Waals surface area contributed by atoms with E-state index >= 15 is 0 Å². The number of carbonyl (C=O) groups excluding carboxylic acids is 1. The summed E-state index contributed by atoms with van der Waals surface area (Å²) in [6.45, 7) is 2.15. The number of rotatable bonds is 6. The van der Waals surface area contributed by atoms with Crippen LogP contribution >= 0.6 is 11.8 Å². The lowest BCUT2D eigenvalue weighted by Gasteiger charge is -2.15. The molecule has 0 spiro atoms. The second kappa shape index (κ2) is 7.93. The zero-order chi connectivity index (χ0) is 18.5. The van der Waals surface area contributed by atoms with E-state index in [4.69, 9.17) is 10.8 Å². The number of carbonyl (C=O) groups is 1. The number of hydrogen-bond acceptors (Lipinski definition) is 5. The topological polar surface area (TPSA) is 77.1 Å². The monoisotopic (exact) mass is 367 g/mol. The Bertz CT molecular complexity index is 1020. The lowest BCUT2D eigenvalue weighted by Crippen LogP contribution is -2.32. The maximum absolute atomic E-state index is 12.9. The van der Waals surface area contributed by atoms with Crippen molar-refractivity contribution in [1.82, 2.24) is 14.9 Å². The third-order valence-corrected chi connectivity index (χ3v) is 4.83. The highest BCUT2D eigenvalue weighted by atomic mass is 32.2. The van der Waals surface area contributed by atoms with E-state index in [0.29, 0.717) is 21.8 Å². The lowest BCUT2D eigenvalue weighted by atomic mass is 10.2. The third kappa shape index (κ3) is 3.81. The van der Waals surface area contributed by atoms with Crippen LogP contribution in [0.2, 0.25) is 0 Å². The Morgan fingerprint density at radius 1 is 1.38 bits per heavy atom. The standard InChI is InChI=1S/C19H17N3O3S/c1-3-10-20-17(23)13(2)26-19-21-16-9-5-4-8-15(16)18(24)22(19)12-14-7-6-11-25-14/h1,4-9,11,13H,10,12H2,2H3,(H,20,23). The van der Waals surface area contributed by atoms with Gasteiger partial charge in [0, 0.05) is 0 Å². The van der Waals surface area contributed by atoms with Crippen molar-refractivity contribution in [3.05, 3.63) is 58.8 Å². The molecular weight excluding hydrogens is 350 g/mol. The van der Waals surface area contributed by atoms with Gasteiger partial charge in [-0.25, -0.2) is 4.98 Å². The number of aromatic nitrogens is 2. The van der Waals surface area contributed by atoms with Crippen LogP contribution in [0.5, 0.6) is 0 Å². The van der Waals surface area contributed by atoms with Crippen molar-refractivity contribution in [3.63, 3.8) is 0 Å². The van der Waals surface area contributed by atoms with Crippen molar-refractivity contribution >= 4 is 28.6 Å². The fourth-order valence-corrected chi connectivity index (χ4v) is 3.36. The smallest absolute Gasteiger partial charge is 0.262 e. The van der Waals surface area contributed by atoms with Crippen molar-refractivity contribution in [2.24, 2.45) is 0 Å². The lowest BCUT2D eigenvalue weighted by molar-refractivity contribution is -0.120. The van der Waals surface area contributed by atoms with Gasteiger partial charge in [0.1, 0.15) is 5.76 Å². The first-order valence-electron chi connectivity index (χ1n) is 8.00. The molecule has 0 aliphatic rings. The van der Waals surface area contributed by atoms with Gasteiger partial charge in [-0.15, -0.1) is 6.42 Å². The van der Waals surface area contributed by atoms with Gasteiger partial charge >= 0.3 is 0 Å². The fraction of sp³-hybridized carbons (Fsp3) is 0.211. The summed E-state index contributed by atoms with van der Waals surface area (Å²) >= 11 is 1.21. The molecule has 0 bridgehead atoms. The predicted octanol–water partition coefficient (Wildman–Crippen LogP) is 2.27. The van der Waals surface area contributed by atoms with Crippen molar-refractivity contribution in [2.45, 2.75) is 23.9 Å². The Labute approximate surface area is 154 Å². The van der Waals surface area contributed by atoms with Crippen LogP contribution in [-0.2, 0) is 11.3 Å². The highest BCUT2D eigenvalue weighted by Gasteiger charge is 2.19. The molecule has 132 valence electrons. The van der Waals surface area contributed by atoms with Gasteiger partial charge in [-0.2, -0.15) is 0 Å². The Morgan fingerprint density at radius 3 is 2.92 bits per heavy atom. The van der Waals surface area contributed by atoms with Gasteiger partial charge in [-0.05, 0) is 31.2 Å². The SMILES string of the molecule is C#CCNC(=O)C(C)Sc1nc2ccccc2c(=O)n1Cc1ccco1. The van der Waals surface area contributed by atoms with Gasteiger partial charge in [0.15, 0.2) is 5.16 Å². The molecule has 0 aliphatic heterocycles. The number of nitrogens with zero attached hydrogens (tertiary/aromatic N) is 2. The highest BCUT2D eigenvalue weighted by Crippen LogP contribution is 2.23. The van der Waals surface area contributed by atoms with E-state index in [0.717, 1.165) is 0 Å². The number of para-hydroxylation sites is 1. The molecule has 1 atom stereocenters. The molecule has 1 N–H and O–H groups in total. The molecule has 1 amide bonds. The first kappa shape index (κ1) is 17.8. The van der Waals surface area contributed by atoms with Crippen molar-refractivity contribution in [2.75, 3.05) is 6.54 Å². The summed E-state index contributed by atoms with van der Waals surface area (Å²) in [7, 11) is 0. The van der Waals surface area contributed by atoms with E-state index in [-0.39, 0.29) is 24.6 Å². The second-order valence-corrected chi connectivity index (χ2v) is 6.87. The second-order valence-electron chi connectivity index (χ2n) is 5.56. The number of amides is 1. The molecule has 2 aromatic heterocycles. The van der Waals surface area contributed by atoms with Crippen LogP contribution in [0.4, 0.5) is 0 Å². The minimum atomic E-state index is -0.459. The van der Waals surface area contributed by atoms with E-state index in [2.05, 4.69) is 16.2 Å². The van der Waals surface area contributed by atoms with E-state index in [1.54, 1.807) is 43.5 Å². The molecule has 26 heavy (non-hydrogen) atoms. The maximum atomic E-state index is 12.9. The average molecular weight is 367 g/mol. The van der Waals surface area contributed by atoms with Gasteiger partial charge in [-0.3, -0.25) is 14.2 Å². The molecule has 1 aromatic carbocycles. The van der Waals surface area contributed by atoms with Gasteiger partial charge in [0.2, 0.25) is 5.91 Å². The minimum absolute atomic E-state index is 0.161. The fourth-order valence-electron chi connectivity index (χ4n) is 2.43. The van der Waals surface area contributed by atoms with Crippen LogP contribution < -0.4 is 10.9 Å². The first-order chi connectivity index (χ1) is 12.6.